The lowest BCUT2D eigenvalue weighted by atomic mass is 10.2. The molecule has 2 heterocycles. The highest BCUT2D eigenvalue weighted by atomic mass is 35.5. The second kappa shape index (κ2) is 11.4. The number of anilines is 2. The quantitative estimate of drug-likeness (QED) is 0.301. The molecule has 0 bridgehead atoms. The molecule has 2 N–H and O–H groups in total. The highest BCUT2D eigenvalue weighted by Gasteiger charge is 2.31. The van der Waals surface area contributed by atoms with Gasteiger partial charge in [0.1, 0.15) is 43.5 Å². The zero-order chi connectivity index (χ0) is 25.6. The molecule has 0 radical (unpaired) electrons. The van der Waals surface area contributed by atoms with Crippen molar-refractivity contribution in [2.24, 2.45) is 0 Å². The monoisotopic (exact) mass is 519 g/mol. The largest absolute Gasteiger partial charge is 0.491 e. The van der Waals surface area contributed by atoms with Crippen LogP contribution >= 0.6 is 11.6 Å². The molecular formula is C27H26ClN5O4. The number of nitrogens with one attached hydrogen (secondary N) is 1. The summed E-state index contributed by atoms with van der Waals surface area (Å²) < 4.78 is 11.9. The molecule has 37 heavy (non-hydrogen) atoms. The molecule has 4 aromatic rings. The Hall–Kier alpha value is -3.95. The van der Waals surface area contributed by atoms with E-state index in [1.807, 2.05) is 42.5 Å². The molecule has 2 aromatic carbocycles. The van der Waals surface area contributed by atoms with E-state index in [0.29, 0.717) is 46.4 Å². The minimum atomic E-state index is -0.498. The maximum absolute atomic E-state index is 12.0. The number of nitrogens with zero attached hydrogens (tertiary/aromatic N) is 4. The highest BCUT2D eigenvalue weighted by Crippen LogP contribution is 2.34. The van der Waals surface area contributed by atoms with Crippen LogP contribution in [0.1, 0.15) is 18.5 Å². The Labute approximate surface area is 219 Å². The zero-order valence-electron chi connectivity index (χ0n) is 20.0. The van der Waals surface area contributed by atoms with E-state index in [1.54, 1.807) is 23.2 Å². The summed E-state index contributed by atoms with van der Waals surface area (Å²) in [4.78, 5) is 26.8. The first-order valence-corrected chi connectivity index (χ1v) is 12.4. The summed E-state index contributed by atoms with van der Waals surface area (Å²) in [5, 5.41) is 13.7. The van der Waals surface area contributed by atoms with Crippen LogP contribution in [0.15, 0.2) is 67.1 Å². The molecule has 0 unspecified atom stereocenters. The predicted octanol–water partition coefficient (Wildman–Crippen LogP) is 4.36. The molecule has 10 heteroatoms. The Morgan fingerprint density at radius 2 is 1.95 bits per heavy atom. The second-order valence-corrected chi connectivity index (χ2v) is 8.98. The van der Waals surface area contributed by atoms with Crippen LogP contribution in [0.3, 0.4) is 0 Å². The number of carbonyl (C=O) groups excluding carboxylic acids is 1. The summed E-state index contributed by atoms with van der Waals surface area (Å²) in [6, 6.07) is 16.8. The molecule has 0 saturated heterocycles. The van der Waals surface area contributed by atoms with Gasteiger partial charge in [-0.1, -0.05) is 23.7 Å². The van der Waals surface area contributed by atoms with Crippen molar-refractivity contribution in [2.45, 2.75) is 25.5 Å². The van der Waals surface area contributed by atoms with Crippen molar-refractivity contribution in [3.05, 3.63) is 77.8 Å². The van der Waals surface area contributed by atoms with Crippen LogP contribution in [0.5, 0.6) is 11.5 Å². The third-order valence-corrected chi connectivity index (χ3v) is 6.25. The van der Waals surface area contributed by atoms with Crippen molar-refractivity contribution in [1.29, 1.82) is 0 Å². The Bertz CT molecular complexity index is 1380. The van der Waals surface area contributed by atoms with Gasteiger partial charge in [-0.15, -0.1) is 0 Å². The van der Waals surface area contributed by atoms with Crippen molar-refractivity contribution in [3.63, 3.8) is 0 Å². The standard InChI is InChI=1S/C27H26ClN5O4/c28-21-14-18(7-10-23(21)37-16-19-4-1-2-11-29-19)32-27-26-22(30-17-31-27)5-3-6-24(26)36-13-12-33(20-8-9-20)25(35)15-34/h1-7,10-11,14,17,20,34H,8-9,12-13,15-16H2,(H,30,31,32). The van der Waals surface area contributed by atoms with E-state index in [4.69, 9.17) is 21.1 Å². The number of fused-ring (bicyclic) bond motifs is 1. The summed E-state index contributed by atoms with van der Waals surface area (Å²) in [6.07, 6.45) is 5.11. The number of aliphatic hydroxyl groups excluding tert-OH is 1. The minimum absolute atomic E-state index is 0.192. The third-order valence-electron chi connectivity index (χ3n) is 5.95. The van der Waals surface area contributed by atoms with Gasteiger partial charge in [-0.25, -0.2) is 9.97 Å². The number of carbonyl (C=O) groups is 1. The number of amides is 1. The lowest BCUT2D eigenvalue weighted by Crippen LogP contribution is -2.38. The molecule has 0 atom stereocenters. The smallest absolute Gasteiger partial charge is 0.248 e. The van der Waals surface area contributed by atoms with Gasteiger partial charge in [0.15, 0.2) is 0 Å². The molecule has 190 valence electrons. The van der Waals surface area contributed by atoms with Gasteiger partial charge in [-0.05, 0) is 55.3 Å². The fourth-order valence-electron chi connectivity index (χ4n) is 4.00. The molecule has 9 nitrogen and oxygen atoms in total. The number of rotatable bonds is 11. The summed E-state index contributed by atoms with van der Waals surface area (Å²) in [6.45, 7) is 0.491. The van der Waals surface area contributed by atoms with E-state index in [9.17, 15) is 9.90 Å². The van der Waals surface area contributed by atoms with Crippen LogP contribution in [-0.2, 0) is 11.4 Å². The topological polar surface area (TPSA) is 110 Å². The molecule has 0 aliphatic heterocycles. The number of pyridine rings is 1. The highest BCUT2D eigenvalue weighted by molar-refractivity contribution is 6.32. The van der Waals surface area contributed by atoms with E-state index in [-0.39, 0.29) is 18.6 Å². The molecular weight excluding hydrogens is 494 g/mol. The molecule has 1 amide bonds. The minimum Gasteiger partial charge on any atom is -0.491 e. The van der Waals surface area contributed by atoms with Crippen LogP contribution in [0, 0.1) is 0 Å². The molecule has 1 saturated carbocycles. The van der Waals surface area contributed by atoms with E-state index >= 15 is 0 Å². The number of aromatic nitrogens is 3. The summed E-state index contributed by atoms with van der Waals surface area (Å²) in [5.41, 5.74) is 2.24. The average molecular weight is 520 g/mol. The molecule has 0 spiro atoms. The van der Waals surface area contributed by atoms with E-state index in [1.165, 1.54) is 6.33 Å². The normalized spacial score (nSPS) is 12.8. The predicted molar refractivity (Wildman–Crippen MR) is 140 cm³/mol. The summed E-state index contributed by atoms with van der Waals surface area (Å²) >= 11 is 6.48. The van der Waals surface area contributed by atoms with Gasteiger partial charge in [0.2, 0.25) is 5.91 Å². The summed E-state index contributed by atoms with van der Waals surface area (Å²) in [7, 11) is 0. The van der Waals surface area contributed by atoms with Crippen molar-refractivity contribution < 1.29 is 19.4 Å². The van der Waals surface area contributed by atoms with Crippen LogP contribution < -0.4 is 14.8 Å². The fourth-order valence-corrected chi connectivity index (χ4v) is 4.24. The number of hydrogen-bond acceptors (Lipinski definition) is 8. The second-order valence-electron chi connectivity index (χ2n) is 8.58. The van der Waals surface area contributed by atoms with Crippen molar-refractivity contribution in [1.82, 2.24) is 19.9 Å². The first-order chi connectivity index (χ1) is 18.1. The Kier molecular flexibility index (Phi) is 7.62. The Balaban J connectivity index is 1.30. The van der Waals surface area contributed by atoms with E-state index < -0.39 is 6.61 Å². The van der Waals surface area contributed by atoms with Crippen LogP contribution in [0.2, 0.25) is 5.02 Å². The third kappa shape index (κ3) is 6.07. The first kappa shape index (κ1) is 24.7. The van der Waals surface area contributed by atoms with Gasteiger partial charge in [0, 0.05) is 17.9 Å². The average Bonchev–Trinajstić information content (AvgIpc) is 3.76. The van der Waals surface area contributed by atoms with Gasteiger partial charge >= 0.3 is 0 Å². The van der Waals surface area contributed by atoms with Gasteiger partial charge in [-0.2, -0.15) is 0 Å². The number of hydrogen-bond donors (Lipinski definition) is 2. The summed E-state index contributed by atoms with van der Waals surface area (Å²) in [5.74, 6) is 1.42. The van der Waals surface area contributed by atoms with E-state index in [0.717, 1.165) is 24.2 Å². The molecule has 1 aliphatic carbocycles. The van der Waals surface area contributed by atoms with Gasteiger partial charge in [0.05, 0.1) is 28.2 Å². The van der Waals surface area contributed by atoms with Gasteiger partial charge in [-0.3, -0.25) is 9.78 Å². The lowest BCUT2D eigenvalue weighted by Gasteiger charge is -2.22. The number of benzene rings is 2. The molecule has 1 aliphatic rings. The maximum atomic E-state index is 12.0. The number of ether oxygens (including phenoxy) is 2. The fraction of sp³-hybridized carbons (Fsp3) is 0.259. The number of halogens is 1. The molecule has 2 aromatic heterocycles. The Morgan fingerprint density at radius 3 is 2.70 bits per heavy atom. The number of aliphatic hydroxyl groups is 1. The van der Waals surface area contributed by atoms with Crippen LogP contribution in [0.25, 0.3) is 10.9 Å². The van der Waals surface area contributed by atoms with Gasteiger partial charge < -0.3 is 24.8 Å². The Morgan fingerprint density at radius 1 is 1.05 bits per heavy atom. The van der Waals surface area contributed by atoms with Crippen molar-refractivity contribution in [2.75, 3.05) is 25.1 Å². The molecule has 1 fully saturated rings. The van der Waals surface area contributed by atoms with Gasteiger partial charge in [0.25, 0.3) is 0 Å². The van der Waals surface area contributed by atoms with Crippen LogP contribution in [0.4, 0.5) is 11.5 Å². The van der Waals surface area contributed by atoms with Crippen molar-refractivity contribution >= 4 is 39.9 Å². The lowest BCUT2D eigenvalue weighted by molar-refractivity contribution is -0.135. The molecule has 5 rings (SSSR count). The SMILES string of the molecule is O=C(CO)N(CCOc1cccc2ncnc(Nc3ccc(OCc4ccccn4)c(Cl)c3)c12)C1CC1. The van der Waals surface area contributed by atoms with Crippen molar-refractivity contribution in [3.8, 4) is 11.5 Å². The zero-order valence-corrected chi connectivity index (χ0v) is 20.8. The first-order valence-electron chi connectivity index (χ1n) is 12.0. The maximum Gasteiger partial charge on any atom is 0.248 e. The van der Waals surface area contributed by atoms with E-state index in [2.05, 4.69) is 20.3 Å². The van der Waals surface area contributed by atoms with Crippen LogP contribution in [-0.4, -0.2) is 56.7 Å².